The second kappa shape index (κ2) is 10.3. The van der Waals surface area contributed by atoms with Gasteiger partial charge in [0.1, 0.15) is 18.5 Å². The summed E-state index contributed by atoms with van der Waals surface area (Å²) in [5, 5.41) is 10.8. The molecule has 1 aliphatic rings. The van der Waals surface area contributed by atoms with Crippen LogP contribution in [-0.4, -0.2) is 41.8 Å². The van der Waals surface area contributed by atoms with E-state index in [0.717, 1.165) is 6.54 Å². The number of rotatable bonds is 7. The van der Waals surface area contributed by atoms with E-state index >= 15 is 0 Å². The van der Waals surface area contributed by atoms with Gasteiger partial charge in [-0.3, -0.25) is 4.90 Å². The van der Waals surface area contributed by atoms with Crippen molar-refractivity contribution in [1.29, 1.82) is 0 Å². The van der Waals surface area contributed by atoms with Crippen molar-refractivity contribution in [2.75, 3.05) is 19.7 Å². The van der Waals surface area contributed by atoms with E-state index in [1.807, 2.05) is 18.2 Å². The number of likely N-dealkylation sites (N-methyl/N-ethyl adjacent to an activating group) is 1. The van der Waals surface area contributed by atoms with Gasteiger partial charge in [-0.1, -0.05) is 49.9 Å². The SMILES string of the molecule is CCN(CC(O)COc1ccccc1Cl)C1CCCCC1.Cl. The van der Waals surface area contributed by atoms with E-state index < -0.39 is 6.10 Å². The molecule has 1 unspecified atom stereocenters. The number of hydrogen-bond donors (Lipinski definition) is 1. The van der Waals surface area contributed by atoms with Gasteiger partial charge in [-0.15, -0.1) is 12.4 Å². The molecule has 1 atom stereocenters. The molecule has 2 rings (SSSR count). The van der Waals surface area contributed by atoms with Gasteiger partial charge in [0, 0.05) is 12.6 Å². The lowest BCUT2D eigenvalue weighted by Crippen LogP contribution is -2.43. The third-order valence-electron chi connectivity index (χ3n) is 4.21. The van der Waals surface area contributed by atoms with Crippen LogP contribution in [0.4, 0.5) is 0 Å². The largest absolute Gasteiger partial charge is 0.489 e. The van der Waals surface area contributed by atoms with Crippen molar-refractivity contribution < 1.29 is 9.84 Å². The zero-order valence-corrected chi connectivity index (χ0v) is 14.8. The van der Waals surface area contributed by atoms with Gasteiger partial charge in [0.05, 0.1) is 5.02 Å². The van der Waals surface area contributed by atoms with Gasteiger partial charge in [-0.2, -0.15) is 0 Å². The lowest BCUT2D eigenvalue weighted by atomic mass is 9.94. The van der Waals surface area contributed by atoms with Crippen LogP contribution in [0.1, 0.15) is 39.0 Å². The van der Waals surface area contributed by atoms with Gasteiger partial charge in [0.2, 0.25) is 0 Å². The zero-order chi connectivity index (χ0) is 15.1. The molecular formula is C17H27Cl2NO2. The van der Waals surface area contributed by atoms with Crippen molar-refractivity contribution in [3.63, 3.8) is 0 Å². The van der Waals surface area contributed by atoms with Crippen LogP contribution in [0.15, 0.2) is 24.3 Å². The second-order valence-corrected chi connectivity index (χ2v) is 6.18. The summed E-state index contributed by atoms with van der Waals surface area (Å²) >= 11 is 6.05. The molecule has 126 valence electrons. The molecule has 0 radical (unpaired) electrons. The third-order valence-corrected chi connectivity index (χ3v) is 4.52. The summed E-state index contributed by atoms with van der Waals surface area (Å²) in [4.78, 5) is 2.39. The smallest absolute Gasteiger partial charge is 0.138 e. The van der Waals surface area contributed by atoms with E-state index in [1.54, 1.807) is 6.07 Å². The minimum atomic E-state index is -0.483. The fourth-order valence-corrected chi connectivity index (χ4v) is 3.24. The standard InChI is InChI=1S/C17H26ClNO2.ClH/c1-2-19(14-8-4-3-5-9-14)12-15(20)13-21-17-11-7-6-10-16(17)18;/h6-7,10-11,14-15,20H,2-5,8-9,12-13H2,1H3;1H. The number of benzene rings is 1. The van der Waals surface area contributed by atoms with E-state index in [-0.39, 0.29) is 19.0 Å². The molecule has 1 fully saturated rings. The highest BCUT2D eigenvalue weighted by Crippen LogP contribution is 2.24. The first-order valence-corrected chi connectivity index (χ1v) is 8.38. The van der Waals surface area contributed by atoms with Crippen LogP contribution in [0.3, 0.4) is 0 Å². The number of nitrogens with zero attached hydrogens (tertiary/aromatic N) is 1. The Balaban J connectivity index is 0.00000242. The highest BCUT2D eigenvalue weighted by molar-refractivity contribution is 6.32. The molecular weight excluding hydrogens is 321 g/mol. The van der Waals surface area contributed by atoms with Crippen LogP contribution < -0.4 is 4.74 Å². The summed E-state index contributed by atoms with van der Waals surface area (Å²) in [5.41, 5.74) is 0. The van der Waals surface area contributed by atoms with Crippen LogP contribution in [0.5, 0.6) is 5.75 Å². The molecule has 0 aromatic heterocycles. The minimum absolute atomic E-state index is 0. The van der Waals surface area contributed by atoms with E-state index in [0.29, 0.717) is 23.4 Å². The van der Waals surface area contributed by atoms with E-state index in [4.69, 9.17) is 16.3 Å². The zero-order valence-electron chi connectivity index (χ0n) is 13.2. The first-order valence-electron chi connectivity index (χ1n) is 8.00. The second-order valence-electron chi connectivity index (χ2n) is 5.77. The van der Waals surface area contributed by atoms with Gasteiger partial charge in [0.25, 0.3) is 0 Å². The number of aliphatic hydroxyl groups is 1. The lowest BCUT2D eigenvalue weighted by Gasteiger charge is -2.34. The molecule has 1 N–H and O–H groups in total. The Kier molecular flexibility index (Phi) is 9.18. The molecule has 0 heterocycles. The Hall–Kier alpha value is -0.480. The van der Waals surface area contributed by atoms with Crippen molar-refractivity contribution in [3.05, 3.63) is 29.3 Å². The van der Waals surface area contributed by atoms with Crippen molar-refractivity contribution in [1.82, 2.24) is 4.90 Å². The quantitative estimate of drug-likeness (QED) is 0.803. The molecule has 22 heavy (non-hydrogen) atoms. The average Bonchev–Trinajstić information content (AvgIpc) is 2.52. The maximum absolute atomic E-state index is 10.2. The van der Waals surface area contributed by atoms with Crippen molar-refractivity contribution in [3.8, 4) is 5.75 Å². The summed E-state index contributed by atoms with van der Waals surface area (Å²) in [7, 11) is 0. The maximum Gasteiger partial charge on any atom is 0.138 e. The first-order chi connectivity index (χ1) is 10.2. The number of halogens is 2. The molecule has 0 spiro atoms. The molecule has 0 bridgehead atoms. The van der Waals surface area contributed by atoms with Crippen LogP contribution in [-0.2, 0) is 0 Å². The molecule has 5 heteroatoms. The third kappa shape index (κ3) is 5.96. The molecule has 0 saturated heterocycles. The normalized spacial score (nSPS) is 17.1. The predicted octanol–water partition coefficient (Wildman–Crippen LogP) is 4.16. The Morgan fingerprint density at radius 1 is 1.27 bits per heavy atom. The van der Waals surface area contributed by atoms with Gasteiger partial charge >= 0.3 is 0 Å². The Bertz CT molecular complexity index is 425. The highest BCUT2D eigenvalue weighted by Gasteiger charge is 2.22. The summed E-state index contributed by atoms with van der Waals surface area (Å²) in [5.74, 6) is 0.638. The van der Waals surface area contributed by atoms with Crippen LogP contribution in [0.25, 0.3) is 0 Å². The predicted molar refractivity (Wildman–Crippen MR) is 94.3 cm³/mol. The Labute approximate surface area is 145 Å². The number of para-hydroxylation sites is 1. The molecule has 1 aromatic rings. The number of aliphatic hydroxyl groups excluding tert-OH is 1. The molecule has 3 nitrogen and oxygen atoms in total. The van der Waals surface area contributed by atoms with Gasteiger partial charge < -0.3 is 9.84 Å². The van der Waals surface area contributed by atoms with Crippen molar-refractivity contribution in [2.45, 2.75) is 51.2 Å². The summed E-state index contributed by atoms with van der Waals surface area (Å²) in [6.45, 7) is 4.10. The lowest BCUT2D eigenvalue weighted by molar-refractivity contribution is 0.0464. The topological polar surface area (TPSA) is 32.7 Å². The number of ether oxygens (including phenoxy) is 1. The Morgan fingerprint density at radius 3 is 2.59 bits per heavy atom. The minimum Gasteiger partial charge on any atom is -0.489 e. The first kappa shape index (κ1) is 19.6. The van der Waals surface area contributed by atoms with Gasteiger partial charge in [0.15, 0.2) is 0 Å². The molecule has 1 aromatic carbocycles. The van der Waals surface area contributed by atoms with Crippen LogP contribution in [0, 0.1) is 0 Å². The van der Waals surface area contributed by atoms with Gasteiger partial charge in [-0.25, -0.2) is 0 Å². The van der Waals surface area contributed by atoms with Crippen molar-refractivity contribution in [2.24, 2.45) is 0 Å². The monoisotopic (exact) mass is 347 g/mol. The average molecular weight is 348 g/mol. The van der Waals surface area contributed by atoms with E-state index in [2.05, 4.69) is 11.8 Å². The Morgan fingerprint density at radius 2 is 1.95 bits per heavy atom. The van der Waals surface area contributed by atoms with Crippen molar-refractivity contribution >= 4 is 24.0 Å². The molecule has 0 amide bonds. The van der Waals surface area contributed by atoms with Gasteiger partial charge in [-0.05, 0) is 31.5 Å². The van der Waals surface area contributed by atoms with Crippen LogP contribution >= 0.6 is 24.0 Å². The fourth-order valence-electron chi connectivity index (χ4n) is 3.05. The fraction of sp³-hybridized carbons (Fsp3) is 0.647. The van der Waals surface area contributed by atoms with E-state index in [9.17, 15) is 5.11 Å². The molecule has 0 aliphatic heterocycles. The van der Waals surface area contributed by atoms with Crippen LogP contribution in [0.2, 0.25) is 5.02 Å². The molecule has 1 aliphatic carbocycles. The summed E-state index contributed by atoms with van der Waals surface area (Å²) < 4.78 is 5.62. The molecule has 1 saturated carbocycles. The highest BCUT2D eigenvalue weighted by atomic mass is 35.5. The number of hydrogen-bond acceptors (Lipinski definition) is 3. The maximum atomic E-state index is 10.2. The summed E-state index contributed by atoms with van der Waals surface area (Å²) in [6, 6.07) is 8.00. The summed E-state index contributed by atoms with van der Waals surface area (Å²) in [6.07, 6.45) is 6.01. The van der Waals surface area contributed by atoms with E-state index in [1.165, 1.54) is 32.1 Å².